The molecule has 2 fully saturated rings. The van der Waals surface area contributed by atoms with Crippen molar-refractivity contribution in [2.45, 2.75) is 59.1 Å². The lowest BCUT2D eigenvalue weighted by Crippen LogP contribution is -2.74. The van der Waals surface area contributed by atoms with E-state index in [2.05, 4.69) is 47.9 Å². The van der Waals surface area contributed by atoms with Crippen LogP contribution in [0.1, 0.15) is 62.9 Å². The van der Waals surface area contributed by atoms with Crippen LogP contribution in [0, 0.1) is 28.1 Å². The van der Waals surface area contributed by atoms with Crippen molar-refractivity contribution >= 4 is 29.7 Å². The SMILES string of the molecule is CC1(C)C(NC(=O)c2cnc(N3CCC(CC=O)CC3)nc2)C(C)(C)C1Oc1ccc(C#N)c(Cl)c1. The molecule has 2 heterocycles. The van der Waals surface area contributed by atoms with Gasteiger partial charge in [0.05, 0.1) is 16.1 Å². The van der Waals surface area contributed by atoms with Gasteiger partial charge in [-0.1, -0.05) is 39.3 Å². The Bertz CT molecular complexity index is 1150. The third-order valence-corrected chi connectivity index (χ3v) is 7.97. The maximum absolute atomic E-state index is 13.1. The summed E-state index contributed by atoms with van der Waals surface area (Å²) in [6.45, 7) is 9.86. The van der Waals surface area contributed by atoms with E-state index in [1.807, 2.05) is 6.07 Å². The van der Waals surface area contributed by atoms with Crippen LogP contribution in [0.4, 0.5) is 5.95 Å². The second-order valence-electron chi connectivity index (χ2n) is 10.9. The highest BCUT2D eigenvalue weighted by Gasteiger charge is 2.64. The first kappa shape index (κ1) is 25.9. The average Bonchev–Trinajstić information content (AvgIpc) is 2.86. The van der Waals surface area contributed by atoms with Crippen LogP contribution in [0.2, 0.25) is 5.02 Å². The van der Waals surface area contributed by atoms with Crippen molar-refractivity contribution in [1.29, 1.82) is 5.26 Å². The molecule has 2 aliphatic rings. The largest absolute Gasteiger partial charge is 0.489 e. The fourth-order valence-electron chi connectivity index (χ4n) is 5.92. The van der Waals surface area contributed by atoms with E-state index < -0.39 is 0 Å². The minimum absolute atomic E-state index is 0.145. The molecule has 0 unspecified atom stereocenters. The molecule has 1 aromatic carbocycles. The van der Waals surface area contributed by atoms with Crippen molar-refractivity contribution in [2.75, 3.05) is 18.0 Å². The first-order chi connectivity index (χ1) is 17.1. The van der Waals surface area contributed by atoms with E-state index in [4.69, 9.17) is 21.6 Å². The Hall–Kier alpha value is -3.18. The monoisotopic (exact) mass is 509 g/mol. The molecule has 36 heavy (non-hydrogen) atoms. The predicted octanol–water partition coefficient (Wildman–Crippen LogP) is 4.42. The molecule has 1 aliphatic carbocycles. The topological polar surface area (TPSA) is 108 Å². The van der Waals surface area contributed by atoms with Crippen molar-refractivity contribution < 1.29 is 14.3 Å². The van der Waals surface area contributed by atoms with E-state index >= 15 is 0 Å². The number of aldehydes is 1. The predicted molar refractivity (Wildman–Crippen MR) is 137 cm³/mol. The maximum atomic E-state index is 13.1. The fourth-order valence-corrected chi connectivity index (χ4v) is 6.13. The van der Waals surface area contributed by atoms with Crippen LogP contribution < -0.4 is 15.0 Å². The molecule has 0 atom stereocenters. The molecule has 1 N–H and O–H groups in total. The summed E-state index contributed by atoms with van der Waals surface area (Å²) >= 11 is 6.17. The van der Waals surface area contributed by atoms with E-state index in [-0.39, 0.29) is 28.9 Å². The molecule has 4 rings (SSSR count). The van der Waals surface area contributed by atoms with Gasteiger partial charge in [-0.2, -0.15) is 5.26 Å². The molecular weight excluding hydrogens is 478 g/mol. The molecule has 1 aromatic heterocycles. The fraction of sp³-hybridized carbons (Fsp3) is 0.519. The molecule has 2 aromatic rings. The minimum atomic E-state index is -0.355. The Morgan fingerprint density at radius 1 is 1.22 bits per heavy atom. The molecular formula is C27H32ClN5O3. The van der Waals surface area contributed by atoms with Gasteiger partial charge >= 0.3 is 0 Å². The molecule has 9 heteroatoms. The summed E-state index contributed by atoms with van der Waals surface area (Å²) in [7, 11) is 0. The Balaban J connectivity index is 1.39. The summed E-state index contributed by atoms with van der Waals surface area (Å²) in [5.41, 5.74) is 0.0969. The van der Waals surface area contributed by atoms with E-state index in [0.29, 0.717) is 40.2 Å². The number of carbonyl (C=O) groups excluding carboxylic acids is 2. The van der Waals surface area contributed by atoms with Gasteiger partial charge in [-0.3, -0.25) is 4.79 Å². The molecule has 1 amide bonds. The quantitative estimate of drug-likeness (QED) is 0.550. The van der Waals surface area contributed by atoms with Crippen molar-refractivity contribution in [3.8, 4) is 11.8 Å². The third kappa shape index (κ3) is 4.90. The highest BCUT2D eigenvalue weighted by atomic mass is 35.5. The molecule has 1 saturated carbocycles. The summed E-state index contributed by atoms with van der Waals surface area (Å²) < 4.78 is 6.29. The van der Waals surface area contributed by atoms with E-state index in [0.717, 1.165) is 32.2 Å². The molecule has 8 nitrogen and oxygen atoms in total. The Labute approximate surface area is 217 Å². The number of rotatable bonds is 7. The van der Waals surface area contributed by atoms with E-state index in [1.165, 1.54) is 0 Å². The molecule has 0 bridgehead atoms. The van der Waals surface area contributed by atoms with Gasteiger partial charge in [0.2, 0.25) is 5.95 Å². The summed E-state index contributed by atoms with van der Waals surface area (Å²) in [6.07, 6.45) is 6.43. The number of piperidine rings is 1. The van der Waals surface area contributed by atoms with Crippen molar-refractivity contribution in [3.63, 3.8) is 0 Å². The molecule has 1 saturated heterocycles. The number of aromatic nitrogens is 2. The maximum Gasteiger partial charge on any atom is 0.254 e. The number of hydrogen-bond donors (Lipinski definition) is 1. The van der Waals surface area contributed by atoms with Crippen LogP contribution in [0.3, 0.4) is 0 Å². The molecule has 0 spiro atoms. The lowest BCUT2D eigenvalue weighted by Gasteiger charge is -2.63. The first-order valence-corrected chi connectivity index (χ1v) is 12.6. The number of nitrogens with zero attached hydrogens (tertiary/aromatic N) is 4. The number of ether oxygens (including phenoxy) is 1. The van der Waals surface area contributed by atoms with Gasteiger partial charge in [-0.15, -0.1) is 0 Å². The van der Waals surface area contributed by atoms with Crippen LogP contribution in [-0.2, 0) is 4.79 Å². The number of carbonyl (C=O) groups is 2. The highest BCUT2D eigenvalue weighted by molar-refractivity contribution is 6.31. The van der Waals surface area contributed by atoms with Crippen molar-refractivity contribution in [3.05, 3.63) is 46.7 Å². The van der Waals surface area contributed by atoms with Crippen molar-refractivity contribution in [2.24, 2.45) is 16.7 Å². The average molecular weight is 510 g/mol. The Kier molecular flexibility index (Phi) is 7.24. The second-order valence-corrected chi connectivity index (χ2v) is 11.3. The Morgan fingerprint density at radius 2 is 1.86 bits per heavy atom. The van der Waals surface area contributed by atoms with Crippen LogP contribution in [0.5, 0.6) is 5.75 Å². The van der Waals surface area contributed by atoms with Gasteiger partial charge in [-0.05, 0) is 30.9 Å². The number of nitriles is 1. The van der Waals surface area contributed by atoms with Gasteiger partial charge in [0.15, 0.2) is 0 Å². The summed E-state index contributed by atoms with van der Waals surface area (Å²) in [6, 6.07) is 6.95. The zero-order valence-electron chi connectivity index (χ0n) is 21.1. The normalized spacial score (nSPS) is 22.7. The summed E-state index contributed by atoms with van der Waals surface area (Å²) in [4.78, 5) is 34.8. The smallest absolute Gasteiger partial charge is 0.254 e. The second kappa shape index (κ2) is 10.1. The van der Waals surface area contributed by atoms with Crippen LogP contribution in [0.15, 0.2) is 30.6 Å². The van der Waals surface area contributed by atoms with E-state index in [1.54, 1.807) is 30.6 Å². The third-order valence-electron chi connectivity index (χ3n) is 7.66. The van der Waals surface area contributed by atoms with Gasteiger partial charge in [0.1, 0.15) is 24.2 Å². The number of nitrogens with one attached hydrogen (secondary N) is 1. The van der Waals surface area contributed by atoms with Gasteiger partial charge < -0.3 is 19.7 Å². The minimum Gasteiger partial charge on any atom is -0.489 e. The lowest BCUT2D eigenvalue weighted by atomic mass is 9.49. The summed E-state index contributed by atoms with van der Waals surface area (Å²) in [5.74, 6) is 1.40. The van der Waals surface area contributed by atoms with Gasteiger partial charge in [0.25, 0.3) is 5.91 Å². The lowest BCUT2D eigenvalue weighted by molar-refractivity contribution is -0.164. The zero-order valence-corrected chi connectivity index (χ0v) is 21.9. The number of benzene rings is 1. The number of halogens is 1. The molecule has 1 aliphatic heterocycles. The number of amides is 1. The molecule has 190 valence electrons. The van der Waals surface area contributed by atoms with Gasteiger partial charge in [-0.25, -0.2) is 9.97 Å². The standard InChI is InChI=1S/C27H32ClN5O3/c1-26(2)23(27(3,4)24(26)36-20-6-5-18(14-29)21(28)13-20)32-22(35)19-15-30-25(31-16-19)33-10-7-17(8-11-33)9-12-34/h5-6,12-13,15-17,23-24H,7-11H2,1-4H3,(H,32,35). The number of hydrogen-bond acceptors (Lipinski definition) is 7. The molecule has 0 radical (unpaired) electrons. The van der Waals surface area contributed by atoms with Crippen LogP contribution >= 0.6 is 11.6 Å². The van der Waals surface area contributed by atoms with E-state index in [9.17, 15) is 9.59 Å². The van der Waals surface area contributed by atoms with Gasteiger partial charge in [0, 0.05) is 54.8 Å². The Morgan fingerprint density at radius 3 is 2.42 bits per heavy atom. The summed E-state index contributed by atoms with van der Waals surface area (Å²) in [5, 5.41) is 12.6. The zero-order chi connectivity index (χ0) is 26.1. The van der Waals surface area contributed by atoms with Crippen LogP contribution in [0.25, 0.3) is 0 Å². The van der Waals surface area contributed by atoms with Crippen molar-refractivity contribution in [1.82, 2.24) is 15.3 Å². The highest BCUT2D eigenvalue weighted by Crippen LogP contribution is 2.55. The number of anilines is 1. The van der Waals surface area contributed by atoms with Crippen LogP contribution in [-0.4, -0.2) is 47.4 Å². The first-order valence-electron chi connectivity index (χ1n) is 12.3.